The lowest BCUT2D eigenvalue weighted by atomic mass is 9.86. The van der Waals surface area contributed by atoms with Gasteiger partial charge in [0.1, 0.15) is 5.52 Å². The highest BCUT2D eigenvalue weighted by atomic mass is 35.5. The lowest BCUT2D eigenvalue weighted by Gasteiger charge is -2.27. The zero-order chi connectivity index (χ0) is 20.4. The molecule has 0 spiro atoms. The van der Waals surface area contributed by atoms with Gasteiger partial charge in [0.05, 0.1) is 22.2 Å². The summed E-state index contributed by atoms with van der Waals surface area (Å²) in [5, 5.41) is 13.7. The van der Waals surface area contributed by atoms with Gasteiger partial charge in [-0.2, -0.15) is 0 Å². The van der Waals surface area contributed by atoms with Crippen molar-refractivity contribution < 1.29 is 9.90 Å². The minimum atomic E-state index is -0.341. The number of halogens is 1. The lowest BCUT2D eigenvalue weighted by molar-refractivity contribution is 0.0663. The molecule has 3 heterocycles. The van der Waals surface area contributed by atoms with Crippen LogP contribution in [0.5, 0.6) is 0 Å². The van der Waals surface area contributed by atoms with Gasteiger partial charge in [-0.3, -0.25) is 14.8 Å². The van der Waals surface area contributed by atoms with E-state index in [1.165, 1.54) is 0 Å². The molecule has 6 nitrogen and oxygen atoms in total. The van der Waals surface area contributed by atoms with Crippen LogP contribution in [-0.2, 0) is 6.54 Å². The number of hydrogen-bond acceptors (Lipinski definition) is 4. The maximum atomic E-state index is 12.9. The Bertz CT molecular complexity index is 1020. The molecule has 0 aromatic carbocycles. The Morgan fingerprint density at radius 3 is 2.86 bits per heavy atom. The summed E-state index contributed by atoms with van der Waals surface area (Å²) in [5.41, 5.74) is 3.78. The third-order valence-corrected chi connectivity index (χ3v) is 5.97. The molecule has 0 aliphatic heterocycles. The minimum Gasteiger partial charge on any atom is -0.393 e. The third-order valence-electron chi connectivity index (χ3n) is 5.67. The minimum absolute atomic E-state index is 0.108. The fourth-order valence-corrected chi connectivity index (χ4v) is 4.26. The molecule has 0 radical (unpaired) electrons. The van der Waals surface area contributed by atoms with Crippen LogP contribution in [0.4, 0.5) is 0 Å². The van der Waals surface area contributed by atoms with E-state index in [0.29, 0.717) is 29.2 Å². The Labute approximate surface area is 174 Å². The Kier molecular flexibility index (Phi) is 5.83. The van der Waals surface area contributed by atoms with Crippen molar-refractivity contribution in [1.29, 1.82) is 0 Å². The average molecular weight is 413 g/mol. The number of pyridine rings is 2. The zero-order valence-electron chi connectivity index (χ0n) is 16.4. The van der Waals surface area contributed by atoms with E-state index in [9.17, 15) is 9.90 Å². The van der Waals surface area contributed by atoms with Crippen LogP contribution in [0.15, 0.2) is 36.8 Å². The summed E-state index contributed by atoms with van der Waals surface area (Å²) >= 11 is 6.45. The molecule has 3 aromatic rings. The van der Waals surface area contributed by atoms with Crippen LogP contribution < -0.4 is 5.32 Å². The number of aromatic nitrogens is 3. The Hall–Kier alpha value is -2.44. The molecule has 2 N–H and O–H groups in total. The lowest BCUT2D eigenvalue weighted by Crippen LogP contribution is -2.36. The summed E-state index contributed by atoms with van der Waals surface area (Å²) in [6.45, 7) is 2.96. The number of aryl methyl sites for hydroxylation is 1. The topological polar surface area (TPSA) is 80.0 Å². The van der Waals surface area contributed by atoms with Crippen molar-refractivity contribution in [1.82, 2.24) is 19.9 Å². The standard InChI is InChI=1S/C22H25ClN4O2/c1-14-6-7-15(10-25-14)12-27-13-17(20-21(27)18(23)8-9-24-20)22(29)26-11-16-4-2-3-5-19(16)28/h6-10,13,16,19,28H,2-5,11-12H2,1H3,(H,26,29)/t16-,19+/m1/s1. The summed E-state index contributed by atoms with van der Waals surface area (Å²) in [6.07, 6.45) is 8.80. The number of carbonyl (C=O) groups is 1. The van der Waals surface area contributed by atoms with Gasteiger partial charge in [0.2, 0.25) is 0 Å². The number of aliphatic hydroxyl groups is 1. The van der Waals surface area contributed by atoms with Gasteiger partial charge in [-0.05, 0) is 37.5 Å². The first kappa shape index (κ1) is 19.9. The monoisotopic (exact) mass is 412 g/mol. The third kappa shape index (κ3) is 4.28. The van der Waals surface area contributed by atoms with Crippen LogP contribution >= 0.6 is 11.6 Å². The van der Waals surface area contributed by atoms with E-state index in [1.807, 2.05) is 29.8 Å². The first-order chi connectivity index (χ1) is 14.0. The Balaban J connectivity index is 1.59. The number of rotatable bonds is 5. The van der Waals surface area contributed by atoms with Crippen LogP contribution in [0.1, 0.15) is 47.3 Å². The van der Waals surface area contributed by atoms with E-state index in [4.69, 9.17) is 11.6 Å². The Morgan fingerprint density at radius 1 is 1.28 bits per heavy atom. The number of nitrogens with one attached hydrogen (secondary N) is 1. The molecule has 1 fully saturated rings. The molecular weight excluding hydrogens is 388 g/mol. The first-order valence-electron chi connectivity index (χ1n) is 10.0. The predicted molar refractivity (Wildman–Crippen MR) is 113 cm³/mol. The molecule has 2 atom stereocenters. The molecule has 0 unspecified atom stereocenters. The first-order valence-corrected chi connectivity index (χ1v) is 10.4. The molecule has 1 saturated carbocycles. The zero-order valence-corrected chi connectivity index (χ0v) is 17.2. The van der Waals surface area contributed by atoms with E-state index >= 15 is 0 Å². The van der Waals surface area contributed by atoms with Gasteiger partial charge in [0, 0.05) is 43.3 Å². The van der Waals surface area contributed by atoms with Crippen molar-refractivity contribution in [3.8, 4) is 0 Å². The highest BCUT2D eigenvalue weighted by Crippen LogP contribution is 2.28. The van der Waals surface area contributed by atoms with Crippen LogP contribution in [0.25, 0.3) is 11.0 Å². The molecule has 1 aliphatic rings. The number of carbonyl (C=O) groups excluding carboxylic acids is 1. The summed E-state index contributed by atoms with van der Waals surface area (Å²) in [7, 11) is 0. The number of hydrogen-bond donors (Lipinski definition) is 2. The highest BCUT2D eigenvalue weighted by molar-refractivity contribution is 6.35. The van der Waals surface area contributed by atoms with Crippen molar-refractivity contribution >= 4 is 28.5 Å². The van der Waals surface area contributed by atoms with Crippen LogP contribution in [0.3, 0.4) is 0 Å². The molecule has 7 heteroatoms. The normalized spacial score (nSPS) is 19.4. The van der Waals surface area contributed by atoms with E-state index in [-0.39, 0.29) is 17.9 Å². The molecule has 29 heavy (non-hydrogen) atoms. The van der Waals surface area contributed by atoms with E-state index < -0.39 is 0 Å². The van der Waals surface area contributed by atoms with Crippen molar-refractivity contribution in [2.75, 3.05) is 6.54 Å². The number of aliphatic hydroxyl groups excluding tert-OH is 1. The smallest absolute Gasteiger partial charge is 0.255 e. The van der Waals surface area contributed by atoms with Crippen molar-refractivity contribution in [3.05, 3.63) is 58.6 Å². The summed E-state index contributed by atoms with van der Waals surface area (Å²) < 4.78 is 1.95. The van der Waals surface area contributed by atoms with Gasteiger partial charge in [-0.1, -0.05) is 30.5 Å². The van der Waals surface area contributed by atoms with Gasteiger partial charge >= 0.3 is 0 Å². The number of fused-ring (bicyclic) bond motifs is 1. The predicted octanol–water partition coefficient (Wildman–Crippen LogP) is 3.72. The van der Waals surface area contributed by atoms with Gasteiger partial charge in [0.25, 0.3) is 5.91 Å². The molecule has 0 bridgehead atoms. The summed E-state index contributed by atoms with van der Waals surface area (Å²) in [5.74, 6) is -0.0837. The summed E-state index contributed by atoms with van der Waals surface area (Å²) in [4.78, 5) is 21.7. The second-order valence-corrected chi connectivity index (χ2v) is 8.20. The SMILES string of the molecule is Cc1ccc(Cn2cc(C(=O)NC[C@H]3CCCC[C@@H]3O)c3nccc(Cl)c32)cn1. The van der Waals surface area contributed by atoms with Gasteiger partial charge in [0.15, 0.2) is 0 Å². The molecule has 3 aromatic heterocycles. The molecule has 1 aliphatic carbocycles. The number of amides is 1. The van der Waals surface area contributed by atoms with Crippen molar-refractivity contribution in [2.45, 2.75) is 45.3 Å². The number of nitrogens with zero attached hydrogens (tertiary/aromatic N) is 3. The molecule has 152 valence electrons. The fourth-order valence-electron chi connectivity index (χ4n) is 4.01. The van der Waals surface area contributed by atoms with Gasteiger partial charge in [-0.25, -0.2) is 0 Å². The molecular formula is C22H25ClN4O2. The molecule has 0 saturated heterocycles. The van der Waals surface area contributed by atoms with Crippen molar-refractivity contribution in [2.24, 2.45) is 5.92 Å². The quantitative estimate of drug-likeness (QED) is 0.669. The maximum absolute atomic E-state index is 12.9. The molecule has 1 amide bonds. The van der Waals surface area contributed by atoms with E-state index in [1.54, 1.807) is 18.5 Å². The van der Waals surface area contributed by atoms with Crippen molar-refractivity contribution in [3.63, 3.8) is 0 Å². The van der Waals surface area contributed by atoms with Crippen LogP contribution in [-0.4, -0.2) is 38.2 Å². The Morgan fingerprint density at radius 2 is 2.10 bits per heavy atom. The largest absolute Gasteiger partial charge is 0.393 e. The second-order valence-electron chi connectivity index (χ2n) is 7.79. The highest BCUT2D eigenvalue weighted by Gasteiger charge is 2.25. The fraction of sp³-hybridized carbons (Fsp3) is 0.409. The maximum Gasteiger partial charge on any atom is 0.255 e. The summed E-state index contributed by atoms with van der Waals surface area (Å²) in [6, 6.07) is 5.71. The molecule has 4 rings (SSSR count). The van der Waals surface area contributed by atoms with Crippen LogP contribution in [0.2, 0.25) is 5.02 Å². The van der Waals surface area contributed by atoms with Crippen LogP contribution in [0, 0.1) is 12.8 Å². The van der Waals surface area contributed by atoms with E-state index in [2.05, 4.69) is 15.3 Å². The van der Waals surface area contributed by atoms with Gasteiger partial charge < -0.3 is 15.0 Å². The van der Waals surface area contributed by atoms with Gasteiger partial charge in [-0.15, -0.1) is 0 Å². The average Bonchev–Trinajstić information content (AvgIpc) is 3.09. The van der Waals surface area contributed by atoms with E-state index in [0.717, 1.165) is 42.5 Å². The second kappa shape index (κ2) is 8.51.